The lowest BCUT2D eigenvalue weighted by atomic mass is 10.2. The molecular formula is C13H14BrNO2. The molecule has 1 unspecified atom stereocenters. The maximum atomic E-state index is 5.95. The van der Waals surface area contributed by atoms with Gasteiger partial charge in [0.2, 0.25) is 0 Å². The Kier molecular flexibility index (Phi) is 3.86. The van der Waals surface area contributed by atoms with Crippen LogP contribution in [0.25, 0.3) is 0 Å². The number of nitrogens with two attached hydrogens (primary N) is 1. The summed E-state index contributed by atoms with van der Waals surface area (Å²) >= 11 is 3.24. The minimum atomic E-state index is -0.262. The molecule has 0 spiro atoms. The van der Waals surface area contributed by atoms with E-state index in [1.165, 1.54) is 0 Å². The van der Waals surface area contributed by atoms with Crippen molar-refractivity contribution in [3.8, 4) is 5.75 Å². The van der Waals surface area contributed by atoms with Gasteiger partial charge >= 0.3 is 0 Å². The lowest BCUT2D eigenvalue weighted by molar-refractivity contribution is 0.271. The summed E-state index contributed by atoms with van der Waals surface area (Å²) in [4.78, 5) is 0. The van der Waals surface area contributed by atoms with E-state index < -0.39 is 0 Å². The molecule has 0 aliphatic rings. The van der Waals surface area contributed by atoms with Crippen LogP contribution in [-0.2, 0) is 0 Å². The highest BCUT2D eigenvalue weighted by atomic mass is 79.9. The van der Waals surface area contributed by atoms with Gasteiger partial charge in [0.1, 0.15) is 18.1 Å². The molecule has 0 saturated heterocycles. The summed E-state index contributed by atoms with van der Waals surface area (Å²) in [6.07, 6.45) is 0. The predicted molar refractivity (Wildman–Crippen MR) is 70.0 cm³/mol. The van der Waals surface area contributed by atoms with Crippen molar-refractivity contribution in [1.82, 2.24) is 0 Å². The number of ether oxygens (including phenoxy) is 1. The largest absolute Gasteiger partial charge is 0.491 e. The molecule has 1 atom stereocenters. The summed E-state index contributed by atoms with van der Waals surface area (Å²) in [6, 6.07) is 11.3. The first-order chi connectivity index (χ1) is 8.15. The van der Waals surface area contributed by atoms with Crippen LogP contribution in [0.3, 0.4) is 0 Å². The first-order valence-corrected chi connectivity index (χ1v) is 6.15. The van der Waals surface area contributed by atoms with Crippen LogP contribution >= 0.6 is 15.9 Å². The van der Waals surface area contributed by atoms with Gasteiger partial charge in [0.15, 0.2) is 4.67 Å². The van der Waals surface area contributed by atoms with E-state index in [9.17, 15) is 0 Å². The van der Waals surface area contributed by atoms with Gasteiger partial charge in [-0.1, -0.05) is 12.1 Å². The number of hydrogen-bond acceptors (Lipinski definition) is 3. The van der Waals surface area contributed by atoms with E-state index >= 15 is 0 Å². The highest BCUT2D eigenvalue weighted by Crippen LogP contribution is 2.20. The summed E-state index contributed by atoms with van der Waals surface area (Å²) < 4.78 is 11.7. The van der Waals surface area contributed by atoms with Crippen LogP contribution in [-0.4, -0.2) is 6.61 Å². The number of rotatable bonds is 4. The van der Waals surface area contributed by atoms with Crippen molar-refractivity contribution in [2.75, 3.05) is 6.61 Å². The third-order valence-corrected chi connectivity index (χ3v) is 2.80. The van der Waals surface area contributed by atoms with Gasteiger partial charge in [-0.25, -0.2) is 0 Å². The molecule has 0 aliphatic carbocycles. The summed E-state index contributed by atoms with van der Waals surface area (Å²) in [6.45, 7) is 2.42. The molecule has 0 bridgehead atoms. The van der Waals surface area contributed by atoms with Gasteiger partial charge in [0, 0.05) is 0 Å². The smallest absolute Gasteiger partial charge is 0.169 e. The summed E-state index contributed by atoms with van der Waals surface area (Å²) in [5.41, 5.74) is 7.12. The molecule has 90 valence electrons. The molecule has 0 saturated carbocycles. The molecule has 1 aromatic carbocycles. The van der Waals surface area contributed by atoms with Crippen LogP contribution in [0.15, 0.2) is 45.5 Å². The van der Waals surface area contributed by atoms with Crippen molar-refractivity contribution in [3.05, 3.63) is 52.4 Å². The maximum Gasteiger partial charge on any atom is 0.169 e. The highest BCUT2D eigenvalue weighted by Gasteiger charge is 2.11. The normalized spacial score (nSPS) is 12.4. The van der Waals surface area contributed by atoms with Crippen molar-refractivity contribution >= 4 is 15.9 Å². The van der Waals surface area contributed by atoms with Crippen molar-refractivity contribution in [1.29, 1.82) is 0 Å². The molecule has 2 N–H and O–H groups in total. The number of benzene rings is 1. The average molecular weight is 296 g/mol. The summed E-state index contributed by atoms with van der Waals surface area (Å²) in [5.74, 6) is 1.54. The van der Waals surface area contributed by atoms with Crippen molar-refractivity contribution in [2.45, 2.75) is 13.0 Å². The molecule has 0 radical (unpaired) electrons. The van der Waals surface area contributed by atoms with Crippen molar-refractivity contribution in [2.24, 2.45) is 5.73 Å². The second-order valence-corrected chi connectivity index (χ2v) is 4.66. The van der Waals surface area contributed by atoms with E-state index in [4.69, 9.17) is 14.9 Å². The third-order valence-electron chi connectivity index (χ3n) is 2.38. The van der Waals surface area contributed by atoms with Gasteiger partial charge in [0.05, 0.1) is 6.04 Å². The zero-order valence-electron chi connectivity index (χ0n) is 9.52. The predicted octanol–water partition coefficient (Wildman–Crippen LogP) is 3.43. The van der Waals surface area contributed by atoms with Crippen LogP contribution in [0.1, 0.15) is 17.4 Å². The van der Waals surface area contributed by atoms with E-state index in [2.05, 4.69) is 15.9 Å². The molecule has 1 heterocycles. The summed E-state index contributed by atoms with van der Waals surface area (Å²) in [5, 5.41) is 0. The monoisotopic (exact) mass is 295 g/mol. The number of hydrogen-bond donors (Lipinski definition) is 1. The second-order valence-electron chi connectivity index (χ2n) is 3.88. The Balaban J connectivity index is 1.94. The fourth-order valence-corrected chi connectivity index (χ4v) is 1.82. The molecule has 1 aromatic heterocycles. The Morgan fingerprint density at radius 3 is 2.82 bits per heavy atom. The molecule has 0 fully saturated rings. The van der Waals surface area contributed by atoms with Gasteiger partial charge in [-0.05, 0) is 52.7 Å². The van der Waals surface area contributed by atoms with Crippen LogP contribution in [0.2, 0.25) is 0 Å². The Labute approximate surface area is 109 Å². The van der Waals surface area contributed by atoms with Gasteiger partial charge in [-0.3, -0.25) is 0 Å². The van der Waals surface area contributed by atoms with Gasteiger partial charge in [-0.15, -0.1) is 0 Å². The first kappa shape index (κ1) is 12.2. The van der Waals surface area contributed by atoms with Crippen LogP contribution in [0.5, 0.6) is 5.75 Å². The number of halogens is 1. The van der Waals surface area contributed by atoms with Crippen molar-refractivity contribution in [3.63, 3.8) is 0 Å². The van der Waals surface area contributed by atoms with Crippen LogP contribution < -0.4 is 10.5 Å². The van der Waals surface area contributed by atoms with Crippen LogP contribution in [0.4, 0.5) is 0 Å². The van der Waals surface area contributed by atoms with Gasteiger partial charge in [-0.2, -0.15) is 0 Å². The lowest BCUT2D eigenvalue weighted by Crippen LogP contribution is -2.18. The van der Waals surface area contributed by atoms with E-state index in [1.54, 1.807) is 0 Å². The molecule has 0 aliphatic heterocycles. The van der Waals surface area contributed by atoms with E-state index in [0.717, 1.165) is 11.3 Å². The molecule has 2 aromatic rings. The van der Waals surface area contributed by atoms with Crippen LogP contribution in [0, 0.1) is 6.92 Å². The highest BCUT2D eigenvalue weighted by molar-refractivity contribution is 9.10. The zero-order valence-corrected chi connectivity index (χ0v) is 11.1. The van der Waals surface area contributed by atoms with E-state index in [-0.39, 0.29) is 6.04 Å². The Morgan fingerprint density at radius 1 is 1.35 bits per heavy atom. The van der Waals surface area contributed by atoms with Gasteiger partial charge in [0.25, 0.3) is 0 Å². The molecule has 4 heteroatoms. The fraction of sp³-hybridized carbons (Fsp3) is 0.231. The maximum absolute atomic E-state index is 5.95. The van der Waals surface area contributed by atoms with E-state index in [0.29, 0.717) is 17.0 Å². The van der Waals surface area contributed by atoms with Gasteiger partial charge < -0.3 is 14.9 Å². The first-order valence-electron chi connectivity index (χ1n) is 5.35. The lowest BCUT2D eigenvalue weighted by Gasteiger charge is -2.11. The molecule has 0 amide bonds. The molecule has 2 rings (SSSR count). The molecule has 17 heavy (non-hydrogen) atoms. The average Bonchev–Trinajstić information content (AvgIpc) is 2.73. The second kappa shape index (κ2) is 5.38. The third kappa shape index (κ3) is 3.35. The quantitative estimate of drug-likeness (QED) is 0.940. The Morgan fingerprint density at radius 2 is 2.18 bits per heavy atom. The summed E-state index contributed by atoms with van der Waals surface area (Å²) in [7, 11) is 0. The van der Waals surface area contributed by atoms with E-state index in [1.807, 2.05) is 43.3 Å². The fourth-order valence-electron chi connectivity index (χ4n) is 1.50. The molecular weight excluding hydrogens is 282 g/mol. The Bertz CT molecular complexity index is 496. The minimum absolute atomic E-state index is 0.262. The number of furan rings is 1. The SMILES string of the molecule is Cc1cccc(OCC(N)c2ccc(Br)o2)c1. The van der Waals surface area contributed by atoms with Crippen molar-refractivity contribution < 1.29 is 9.15 Å². The topological polar surface area (TPSA) is 48.4 Å². The zero-order chi connectivity index (χ0) is 12.3. The standard InChI is InChI=1S/C13H14BrNO2/c1-9-3-2-4-10(7-9)16-8-11(15)12-5-6-13(14)17-12/h2-7,11H,8,15H2,1H3. The molecule has 3 nitrogen and oxygen atoms in total. The number of aryl methyl sites for hydroxylation is 1. The Hall–Kier alpha value is -1.26. The minimum Gasteiger partial charge on any atom is -0.491 e.